The number of Topliss-reactive ketones (excluding diaryl/α,β-unsaturated/α-hetero) is 1. The number of carbonyl (C=O) groups excluding carboxylic acids is 6. The van der Waals surface area contributed by atoms with Crippen molar-refractivity contribution in [2.75, 3.05) is 19.7 Å². The molecular weight excluding hydrogens is 722 g/mol. The van der Waals surface area contributed by atoms with Gasteiger partial charge in [0.15, 0.2) is 5.78 Å². The summed E-state index contributed by atoms with van der Waals surface area (Å²) in [6.07, 6.45) is -0.999. The Morgan fingerprint density at radius 3 is 1.87 bits per heavy atom. The molecule has 296 valence electrons. The molecule has 1 fully saturated rings. The number of rotatable bonds is 22. The van der Waals surface area contributed by atoms with E-state index in [4.69, 9.17) is 32.9 Å². The number of carbonyl (C=O) groups is 6. The first-order valence-corrected chi connectivity index (χ1v) is 18.3. The van der Waals surface area contributed by atoms with Gasteiger partial charge in [0.25, 0.3) is 5.91 Å². The molecule has 2 aromatic carbocycles. The highest BCUT2D eigenvalue weighted by molar-refractivity contribution is 6.30. The van der Waals surface area contributed by atoms with Crippen molar-refractivity contribution < 1.29 is 43.7 Å². The summed E-state index contributed by atoms with van der Waals surface area (Å²) in [5, 5.41) is 32.8. The summed E-state index contributed by atoms with van der Waals surface area (Å²) in [5.41, 5.74) is 13.3. The number of halogens is 1. The molecule has 0 aliphatic carbocycles. The number of aliphatic hydroxyl groups is 2. The Morgan fingerprint density at radius 2 is 1.30 bits per heavy atom. The number of aliphatic hydroxyl groups excluding tert-OH is 2. The van der Waals surface area contributed by atoms with E-state index in [1.807, 2.05) is 12.1 Å². The summed E-state index contributed by atoms with van der Waals surface area (Å²) < 4.78 is 5.28. The summed E-state index contributed by atoms with van der Waals surface area (Å²) >= 11 is 5.97. The van der Waals surface area contributed by atoms with E-state index >= 15 is 0 Å². The van der Waals surface area contributed by atoms with Gasteiger partial charge in [0, 0.05) is 17.2 Å². The van der Waals surface area contributed by atoms with E-state index in [1.54, 1.807) is 36.4 Å². The van der Waals surface area contributed by atoms with E-state index in [9.17, 15) is 33.9 Å². The van der Waals surface area contributed by atoms with Crippen LogP contribution in [0.25, 0.3) is 11.1 Å². The minimum atomic E-state index is -1.53. The van der Waals surface area contributed by atoms with Crippen LogP contribution in [0.3, 0.4) is 0 Å². The quantitative estimate of drug-likeness (QED) is 0.0552. The fourth-order valence-electron chi connectivity index (χ4n) is 5.59. The molecule has 1 heterocycles. The van der Waals surface area contributed by atoms with Crippen LogP contribution in [-0.4, -0.2) is 114 Å². The van der Waals surface area contributed by atoms with Gasteiger partial charge >= 0.3 is 0 Å². The lowest BCUT2D eigenvalue weighted by Gasteiger charge is -2.26. The second-order valence-electron chi connectivity index (χ2n) is 13.2. The molecule has 1 aliphatic rings. The number of epoxide rings is 1. The molecule has 3 rings (SSSR count). The lowest BCUT2D eigenvalue weighted by molar-refractivity contribution is -0.135. The maximum Gasteiger partial charge on any atom is 0.251 e. The van der Waals surface area contributed by atoms with Gasteiger partial charge in [-0.15, -0.1) is 0 Å². The van der Waals surface area contributed by atoms with E-state index in [1.165, 1.54) is 20.8 Å². The van der Waals surface area contributed by atoms with Crippen molar-refractivity contribution in [1.29, 1.82) is 0 Å². The number of hydrogen-bond acceptors (Lipinski definition) is 11. The third-order valence-corrected chi connectivity index (χ3v) is 9.11. The van der Waals surface area contributed by atoms with Gasteiger partial charge in [-0.1, -0.05) is 35.9 Å². The Morgan fingerprint density at radius 1 is 0.722 bits per heavy atom. The molecule has 11 N–H and O–H groups in total. The van der Waals surface area contributed by atoms with E-state index in [2.05, 4.69) is 26.6 Å². The van der Waals surface area contributed by atoms with Gasteiger partial charge in [-0.3, -0.25) is 28.8 Å². The average Bonchev–Trinajstić information content (AvgIpc) is 3.92. The monoisotopic (exact) mass is 773 g/mol. The van der Waals surface area contributed by atoms with Crippen LogP contribution in [0.2, 0.25) is 5.02 Å². The third-order valence-electron chi connectivity index (χ3n) is 8.86. The highest BCUT2D eigenvalue weighted by atomic mass is 35.5. The fourth-order valence-corrected chi connectivity index (χ4v) is 5.72. The lowest BCUT2D eigenvalue weighted by atomic mass is 10.0. The average molecular weight is 774 g/mol. The molecule has 17 heteroatoms. The molecule has 0 spiro atoms. The summed E-state index contributed by atoms with van der Waals surface area (Å²) in [7, 11) is 0. The molecule has 8 atom stereocenters. The number of nitrogens with one attached hydrogen (secondary N) is 5. The second-order valence-corrected chi connectivity index (χ2v) is 13.7. The molecule has 0 bridgehead atoms. The van der Waals surface area contributed by atoms with Crippen molar-refractivity contribution in [3.63, 3.8) is 0 Å². The smallest absolute Gasteiger partial charge is 0.251 e. The summed E-state index contributed by atoms with van der Waals surface area (Å²) in [4.78, 5) is 78.7. The third kappa shape index (κ3) is 13.1. The molecule has 54 heavy (non-hydrogen) atoms. The largest absolute Gasteiger partial charge is 0.396 e. The van der Waals surface area contributed by atoms with Crippen LogP contribution >= 0.6 is 11.6 Å². The van der Waals surface area contributed by atoms with Crippen molar-refractivity contribution in [1.82, 2.24) is 26.6 Å². The zero-order valence-corrected chi connectivity index (χ0v) is 31.4. The zero-order chi connectivity index (χ0) is 39.9. The first-order chi connectivity index (χ1) is 25.7. The summed E-state index contributed by atoms with van der Waals surface area (Å²) in [6.45, 7) is 4.36. The highest BCUT2D eigenvalue weighted by Gasteiger charge is 2.46. The first-order valence-electron chi connectivity index (χ1n) is 18.0. The van der Waals surface area contributed by atoms with Crippen molar-refractivity contribution in [2.24, 2.45) is 11.5 Å². The van der Waals surface area contributed by atoms with Crippen molar-refractivity contribution in [2.45, 2.75) is 101 Å². The number of benzene rings is 2. The number of ether oxygens (including phenoxy) is 1. The maximum absolute atomic E-state index is 13.3. The van der Waals surface area contributed by atoms with E-state index in [0.717, 1.165) is 11.1 Å². The lowest BCUT2D eigenvalue weighted by Crippen LogP contribution is -2.60. The standard InChI is InChI=1S/C37H52ClN7O9/c1-20(31(48)32-29(54-32)16-19-46)41-35(51)27(6-4-5-17-39)43-33(49)21(2)42-37(53)30(22(3)47)45-36(52)28(15-18-40)44-34(50)25-9-7-23(8-10-25)24-11-13-26(38)14-12-24/h7-14,20-22,27-30,32,46-47H,4-6,15-19,39-40H2,1-3H3,(H,41,51)(H,42,53)(H,43,49)(H,44,50)(H,45,52)/t20-,21-,22+,27-,28-,29?,30-,32?/m0/s1. The molecule has 5 amide bonds. The molecule has 1 aliphatic heterocycles. The van der Waals surface area contributed by atoms with Crippen LogP contribution in [0.15, 0.2) is 48.5 Å². The minimum Gasteiger partial charge on any atom is -0.396 e. The number of hydrogen-bond donors (Lipinski definition) is 9. The first kappa shape index (κ1) is 44.0. The number of nitrogens with two attached hydrogens (primary N) is 2. The molecule has 0 aromatic heterocycles. The van der Waals surface area contributed by atoms with Crippen molar-refractivity contribution in [3.8, 4) is 11.1 Å². The van der Waals surface area contributed by atoms with Gasteiger partial charge in [-0.05, 0) is 101 Å². The van der Waals surface area contributed by atoms with E-state index in [0.29, 0.717) is 30.8 Å². The number of amides is 5. The molecule has 2 unspecified atom stereocenters. The predicted octanol–water partition coefficient (Wildman–Crippen LogP) is -0.338. The van der Waals surface area contributed by atoms with Gasteiger partial charge in [0.1, 0.15) is 30.3 Å². The molecule has 0 saturated carbocycles. The van der Waals surface area contributed by atoms with Gasteiger partial charge < -0.3 is 53.0 Å². The Labute approximate surface area is 319 Å². The maximum atomic E-state index is 13.3. The molecule has 16 nitrogen and oxygen atoms in total. The van der Waals surface area contributed by atoms with Crippen LogP contribution in [0.1, 0.15) is 63.2 Å². The van der Waals surface area contributed by atoms with Crippen LogP contribution in [0.5, 0.6) is 0 Å². The zero-order valence-electron chi connectivity index (χ0n) is 30.7. The SMILES string of the molecule is C[C@H](NC(=O)[C@@H](NC(=O)[C@H](CCN)NC(=O)c1ccc(-c2ccc(Cl)cc2)cc1)[C@@H](C)O)C(=O)N[C@@H](CCCCN)C(=O)N[C@@H](C)C(=O)C1OC1CCO. The molecule has 0 radical (unpaired) electrons. The Kier molecular flexibility index (Phi) is 17.5. The van der Waals surface area contributed by atoms with Crippen LogP contribution < -0.4 is 38.1 Å². The summed E-state index contributed by atoms with van der Waals surface area (Å²) in [5.74, 6) is -3.98. The molecule has 1 saturated heterocycles. The van der Waals surface area contributed by atoms with Crippen LogP contribution in [0.4, 0.5) is 0 Å². The number of unbranched alkanes of at least 4 members (excludes halogenated alkanes) is 1. The van der Waals surface area contributed by atoms with Gasteiger partial charge in [0.05, 0.1) is 18.2 Å². The van der Waals surface area contributed by atoms with Crippen molar-refractivity contribution >= 4 is 46.9 Å². The molecular formula is C37H52ClN7O9. The molecule has 2 aromatic rings. The fraction of sp³-hybridized carbons (Fsp3) is 0.514. The predicted molar refractivity (Wildman–Crippen MR) is 201 cm³/mol. The van der Waals surface area contributed by atoms with Crippen molar-refractivity contribution in [3.05, 3.63) is 59.1 Å². The van der Waals surface area contributed by atoms with Crippen LogP contribution in [-0.2, 0) is 28.7 Å². The van der Waals surface area contributed by atoms with Crippen LogP contribution in [0, 0.1) is 0 Å². The summed E-state index contributed by atoms with van der Waals surface area (Å²) in [6, 6.07) is 7.95. The number of ketones is 1. The Hall–Kier alpha value is -4.45. The van der Waals surface area contributed by atoms with Gasteiger partial charge in [-0.25, -0.2) is 0 Å². The minimum absolute atomic E-state index is 0.0160. The van der Waals surface area contributed by atoms with E-state index < -0.39 is 78.1 Å². The Balaban J connectivity index is 1.60. The van der Waals surface area contributed by atoms with Gasteiger partial charge in [0.2, 0.25) is 23.6 Å². The highest BCUT2D eigenvalue weighted by Crippen LogP contribution is 2.27. The normalized spacial score (nSPS) is 18.1. The topological polar surface area (TPSA) is 268 Å². The Bertz CT molecular complexity index is 1590. The van der Waals surface area contributed by atoms with E-state index in [-0.39, 0.29) is 37.3 Å². The second kappa shape index (κ2) is 21.4. The van der Waals surface area contributed by atoms with Gasteiger partial charge in [-0.2, -0.15) is 0 Å².